The zero-order valence-electron chi connectivity index (χ0n) is 13.4. The number of nitrogens with zero attached hydrogens (tertiary/aromatic N) is 1. The minimum atomic E-state index is -3.81. The maximum absolute atomic E-state index is 12.2. The van der Waals surface area contributed by atoms with Gasteiger partial charge in [-0.05, 0) is 30.3 Å². The van der Waals surface area contributed by atoms with Gasteiger partial charge in [0.25, 0.3) is 0 Å². The second kappa shape index (κ2) is 6.73. The number of carbonyl (C=O) groups is 1. The molecule has 0 saturated heterocycles. The van der Waals surface area contributed by atoms with E-state index in [2.05, 4.69) is 4.72 Å². The zero-order chi connectivity index (χ0) is 18.8. The van der Waals surface area contributed by atoms with Crippen LogP contribution in [0.4, 0.5) is 17.1 Å². The Morgan fingerprint density at radius 3 is 2.04 bits per heavy atom. The number of para-hydroxylation sites is 1. The Balaban J connectivity index is 2.71. The molecule has 0 atom stereocenters. The van der Waals surface area contributed by atoms with Crippen LogP contribution in [0.1, 0.15) is 10.4 Å². The summed E-state index contributed by atoms with van der Waals surface area (Å²) in [6.07, 6.45) is 1.88. The zero-order valence-corrected chi connectivity index (χ0v) is 15.0. The third kappa shape index (κ3) is 4.94. The van der Waals surface area contributed by atoms with Crippen molar-refractivity contribution >= 4 is 43.1 Å². The normalized spacial score (nSPS) is 11.8. The molecular formula is C15H16N2O6S2. The Kier molecular flexibility index (Phi) is 5.04. The standard InChI is InChI=1S/C15H16N2O6S2/c1-24(20,21)16-12-8-11(15(18)19)9-14(10-12)17(25(2,22)23)13-6-4-3-5-7-13/h3-10,16H,1-2H3,(H,18,19). The van der Waals surface area contributed by atoms with Crippen molar-refractivity contribution in [2.45, 2.75) is 0 Å². The highest BCUT2D eigenvalue weighted by atomic mass is 32.2. The molecule has 8 nitrogen and oxygen atoms in total. The average molecular weight is 384 g/mol. The third-order valence-electron chi connectivity index (χ3n) is 3.02. The SMILES string of the molecule is CS(=O)(=O)Nc1cc(C(=O)O)cc(N(c2ccccc2)S(C)(=O)=O)c1. The van der Waals surface area contributed by atoms with Crippen molar-refractivity contribution < 1.29 is 26.7 Å². The van der Waals surface area contributed by atoms with Crippen LogP contribution in [0.3, 0.4) is 0 Å². The number of rotatable bonds is 6. The second-order valence-corrected chi connectivity index (χ2v) is 8.89. The van der Waals surface area contributed by atoms with E-state index in [0.29, 0.717) is 0 Å². The maximum atomic E-state index is 12.2. The molecule has 0 aromatic heterocycles. The molecule has 0 unspecified atom stereocenters. The van der Waals surface area contributed by atoms with Crippen LogP contribution < -0.4 is 9.03 Å². The first-order valence-electron chi connectivity index (χ1n) is 6.89. The summed E-state index contributed by atoms with van der Waals surface area (Å²) in [4.78, 5) is 11.3. The van der Waals surface area contributed by atoms with Gasteiger partial charge >= 0.3 is 5.97 Å². The molecule has 2 aromatic carbocycles. The molecule has 0 amide bonds. The van der Waals surface area contributed by atoms with Gasteiger partial charge < -0.3 is 5.11 Å². The van der Waals surface area contributed by atoms with E-state index in [-0.39, 0.29) is 22.6 Å². The first-order valence-corrected chi connectivity index (χ1v) is 10.6. The molecule has 0 aliphatic rings. The summed E-state index contributed by atoms with van der Waals surface area (Å²) in [5, 5.41) is 9.24. The quantitative estimate of drug-likeness (QED) is 0.784. The highest BCUT2D eigenvalue weighted by Gasteiger charge is 2.22. The molecule has 0 aliphatic carbocycles. The fourth-order valence-corrected chi connectivity index (χ4v) is 3.76. The summed E-state index contributed by atoms with van der Waals surface area (Å²) in [5.41, 5.74) is -0.0205. The van der Waals surface area contributed by atoms with Gasteiger partial charge in [0.15, 0.2) is 0 Å². The first-order chi connectivity index (χ1) is 11.5. The molecule has 0 radical (unpaired) electrons. The van der Waals surface area contributed by atoms with Gasteiger partial charge in [-0.25, -0.2) is 25.9 Å². The van der Waals surface area contributed by atoms with Gasteiger partial charge in [0.2, 0.25) is 20.0 Å². The summed E-state index contributed by atoms with van der Waals surface area (Å²) in [5.74, 6) is -1.32. The van der Waals surface area contributed by atoms with E-state index in [4.69, 9.17) is 0 Å². The number of aromatic carboxylic acids is 1. The van der Waals surface area contributed by atoms with Crippen LogP contribution in [-0.2, 0) is 20.0 Å². The van der Waals surface area contributed by atoms with Crippen molar-refractivity contribution in [3.8, 4) is 0 Å². The van der Waals surface area contributed by atoms with Crippen molar-refractivity contribution in [3.05, 3.63) is 54.1 Å². The molecule has 2 N–H and O–H groups in total. The molecule has 0 saturated carbocycles. The lowest BCUT2D eigenvalue weighted by Gasteiger charge is -2.23. The topological polar surface area (TPSA) is 121 Å². The number of sulfonamides is 2. The van der Waals surface area contributed by atoms with Gasteiger partial charge in [-0.15, -0.1) is 0 Å². The lowest BCUT2D eigenvalue weighted by molar-refractivity contribution is 0.0697. The molecule has 0 fully saturated rings. The largest absolute Gasteiger partial charge is 0.478 e. The molecule has 25 heavy (non-hydrogen) atoms. The van der Waals surface area contributed by atoms with E-state index in [9.17, 15) is 26.7 Å². The van der Waals surface area contributed by atoms with Gasteiger partial charge in [-0.1, -0.05) is 18.2 Å². The van der Waals surface area contributed by atoms with E-state index < -0.39 is 26.0 Å². The number of carboxylic acid groups (broad SMARTS) is 1. The Morgan fingerprint density at radius 2 is 1.56 bits per heavy atom. The maximum Gasteiger partial charge on any atom is 0.335 e. The number of hydrogen-bond donors (Lipinski definition) is 2. The smallest absolute Gasteiger partial charge is 0.335 e. The fraction of sp³-hybridized carbons (Fsp3) is 0.133. The molecule has 0 spiro atoms. The van der Waals surface area contributed by atoms with Crippen LogP contribution in [0.5, 0.6) is 0 Å². The first kappa shape index (κ1) is 18.7. The number of benzene rings is 2. The average Bonchev–Trinajstić information content (AvgIpc) is 2.45. The minimum Gasteiger partial charge on any atom is -0.478 e. The van der Waals surface area contributed by atoms with Gasteiger partial charge in [-0.2, -0.15) is 0 Å². The molecule has 2 rings (SSSR count). The molecule has 0 bridgehead atoms. The minimum absolute atomic E-state index is 0.000231. The van der Waals surface area contributed by atoms with Crippen LogP contribution in [0, 0.1) is 0 Å². The number of hydrogen-bond acceptors (Lipinski definition) is 5. The summed E-state index contributed by atoms with van der Waals surface area (Å²) in [7, 11) is -7.48. The predicted octanol–water partition coefficient (Wildman–Crippen LogP) is 1.85. The Hall–Kier alpha value is -2.59. The number of carboxylic acids is 1. The second-order valence-electron chi connectivity index (χ2n) is 5.31. The van der Waals surface area contributed by atoms with Crippen LogP contribution in [0.25, 0.3) is 0 Å². The predicted molar refractivity (Wildman–Crippen MR) is 95.3 cm³/mol. The lowest BCUT2D eigenvalue weighted by Crippen LogP contribution is -2.25. The van der Waals surface area contributed by atoms with Crippen LogP contribution >= 0.6 is 0 Å². The van der Waals surface area contributed by atoms with E-state index in [1.54, 1.807) is 18.2 Å². The third-order valence-corrected chi connectivity index (χ3v) is 4.72. The van der Waals surface area contributed by atoms with Gasteiger partial charge in [0, 0.05) is 0 Å². The van der Waals surface area contributed by atoms with Gasteiger partial charge in [0.1, 0.15) is 0 Å². The Labute approximate surface area is 145 Å². The fourth-order valence-electron chi connectivity index (χ4n) is 2.22. The van der Waals surface area contributed by atoms with Gasteiger partial charge in [-0.3, -0.25) is 4.72 Å². The van der Waals surface area contributed by atoms with Crippen LogP contribution in [0.15, 0.2) is 48.5 Å². The van der Waals surface area contributed by atoms with Crippen LogP contribution in [0.2, 0.25) is 0 Å². The summed E-state index contributed by atoms with van der Waals surface area (Å²) >= 11 is 0. The number of anilines is 3. The highest BCUT2D eigenvalue weighted by Crippen LogP contribution is 2.31. The Morgan fingerprint density at radius 1 is 0.960 bits per heavy atom. The molecule has 0 heterocycles. The molecular weight excluding hydrogens is 368 g/mol. The van der Waals surface area contributed by atoms with E-state index in [1.807, 2.05) is 0 Å². The molecule has 0 aliphatic heterocycles. The van der Waals surface area contributed by atoms with Gasteiger partial charge in [0.05, 0.1) is 35.1 Å². The van der Waals surface area contributed by atoms with Crippen molar-refractivity contribution in [1.82, 2.24) is 0 Å². The number of nitrogens with one attached hydrogen (secondary N) is 1. The summed E-state index contributed by atoms with van der Waals surface area (Å²) < 4.78 is 50.5. The van der Waals surface area contributed by atoms with E-state index in [1.165, 1.54) is 18.2 Å². The highest BCUT2D eigenvalue weighted by molar-refractivity contribution is 7.92. The van der Waals surface area contributed by atoms with Crippen LogP contribution in [-0.4, -0.2) is 40.4 Å². The molecule has 134 valence electrons. The van der Waals surface area contributed by atoms with Crippen molar-refractivity contribution in [3.63, 3.8) is 0 Å². The van der Waals surface area contributed by atoms with Crippen molar-refractivity contribution in [2.75, 3.05) is 21.5 Å². The summed E-state index contributed by atoms with van der Waals surface area (Å²) in [6.45, 7) is 0. The van der Waals surface area contributed by atoms with Crippen molar-refractivity contribution in [2.24, 2.45) is 0 Å². The monoisotopic (exact) mass is 384 g/mol. The van der Waals surface area contributed by atoms with E-state index in [0.717, 1.165) is 28.9 Å². The molecule has 2 aromatic rings. The van der Waals surface area contributed by atoms with E-state index >= 15 is 0 Å². The molecule has 10 heteroatoms. The summed E-state index contributed by atoms with van der Waals surface area (Å²) in [6, 6.07) is 11.6. The Bertz CT molecular complexity index is 1000. The lowest BCUT2D eigenvalue weighted by atomic mass is 10.1. The van der Waals surface area contributed by atoms with Crippen molar-refractivity contribution in [1.29, 1.82) is 0 Å².